The maximum Gasteiger partial charge on any atom is 0.304 e. The van der Waals surface area contributed by atoms with Gasteiger partial charge in [-0.05, 0) is 29.8 Å². The molecule has 6 nitrogen and oxygen atoms in total. The van der Waals surface area contributed by atoms with Crippen LogP contribution in [0, 0.1) is 0 Å². The molecule has 0 N–H and O–H groups in total. The van der Waals surface area contributed by atoms with Crippen molar-refractivity contribution >= 4 is 0 Å². The summed E-state index contributed by atoms with van der Waals surface area (Å²) in [4.78, 5) is 8.44. The van der Waals surface area contributed by atoms with Gasteiger partial charge in [-0.15, -0.1) is 0 Å². The van der Waals surface area contributed by atoms with E-state index in [-0.39, 0.29) is 5.75 Å². The summed E-state index contributed by atoms with van der Waals surface area (Å²) in [6, 6.07) is 9.51. The third-order valence-electron chi connectivity index (χ3n) is 4.26. The summed E-state index contributed by atoms with van der Waals surface area (Å²) in [6.07, 6.45) is -2.90. The van der Waals surface area contributed by atoms with Gasteiger partial charge in [0, 0.05) is 17.3 Å². The molecule has 0 saturated carbocycles. The number of hydrogen-bond acceptors (Lipinski definition) is 6. The van der Waals surface area contributed by atoms with Crippen molar-refractivity contribution in [3.8, 4) is 45.4 Å². The molecule has 0 aliphatic rings. The Hall–Kier alpha value is -3.49. The fourth-order valence-electron chi connectivity index (χ4n) is 2.88. The molecule has 1 unspecified atom stereocenters. The topological polar surface area (TPSA) is 62.7 Å². The van der Waals surface area contributed by atoms with Crippen LogP contribution in [0.1, 0.15) is 0 Å². The molecule has 1 aromatic heterocycles. The monoisotopic (exact) mass is 420 g/mol. The lowest BCUT2D eigenvalue weighted by Gasteiger charge is -2.15. The van der Waals surface area contributed by atoms with Gasteiger partial charge in [0.15, 0.2) is 11.5 Å². The number of methoxy groups -OCH3 is 3. The summed E-state index contributed by atoms with van der Waals surface area (Å²) in [5, 5.41) is 0. The van der Waals surface area contributed by atoms with E-state index in [4.69, 9.17) is 14.2 Å². The SMILES string of the molecule is COc1cc(-c2ncncc2-c2ccc(OC(F)C(F)F)cc2)cc(OC)c1OC. The summed E-state index contributed by atoms with van der Waals surface area (Å²) in [5.41, 5.74) is 2.60. The first-order valence-corrected chi connectivity index (χ1v) is 8.78. The van der Waals surface area contributed by atoms with E-state index in [1.807, 2.05) is 0 Å². The summed E-state index contributed by atoms with van der Waals surface area (Å²) in [6.45, 7) is 0. The van der Waals surface area contributed by atoms with E-state index in [0.29, 0.717) is 39.6 Å². The summed E-state index contributed by atoms with van der Waals surface area (Å²) in [5.74, 6) is 1.35. The van der Waals surface area contributed by atoms with Gasteiger partial charge in [-0.3, -0.25) is 0 Å². The molecule has 2 aromatic carbocycles. The van der Waals surface area contributed by atoms with Gasteiger partial charge in [-0.2, -0.15) is 4.39 Å². The lowest BCUT2D eigenvalue weighted by atomic mass is 10.00. The fourth-order valence-corrected chi connectivity index (χ4v) is 2.88. The van der Waals surface area contributed by atoms with E-state index in [1.54, 1.807) is 30.5 Å². The molecule has 0 amide bonds. The second kappa shape index (κ2) is 9.34. The molecule has 3 aromatic rings. The van der Waals surface area contributed by atoms with Crippen molar-refractivity contribution in [1.29, 1.82) is 0 Å². The van der Waals surface area contributed by atoms with Crippen LogP contribution in [0.2, 0.25) is 0 Å². The van der Waals surface area contributed by atoms with Crippen LogP contribution in [0.3, 0.4) is 0 Å². The van der Waals surface area contributed by atoms with Gasteiger partial charge in [0.1, 0.15) is 12.1 Å². The van der Waals surface area contributed by atoms with Crippen molar-refractivity contribution in [3.05, 3.63) is 48.9 Å². The molecular weight excluding hydrogens is 401 g/mol. The molecular formula is C21H19F3N2O4. The maximum atomic E-state index is 13.1. The first-order chi connectivity index (χ1) is 14.5. The van der Waals surface area contributed by atoms with Crippen LogP contribution >= 0.6 is 0 Å². The van der Waals surface area contributed by atoms with Crippen LogP contribution in [0.4, 0.5) is 13.2 Å². The molecule has 0 aliphatic heterocycles. The van der Waals surface area contributed by atoms with Gasteiger partial charge < -0.3 is 18.9 Å². The highest BCUT2D eigenvalue weighted by Crippen LogP contribution is 2.42. The fraction of sp³-hybridized carbons (Fsp3) is 0.238. The number of ether oxygens (including phenoxy) is 4. The largest absolute Gasteiger partial charge is 0.493 e. The minimum Gasteiger partial charge on any atom is -0.493 e. The average Bonchev–Trinajstić information content (AvgIpc) is 2.78. The van der Waals surface area contributed by atoms with Crippen LogP contribution in [0.25, 0.3) is 22.4 Å². The molecule has 158 valence electrons. The van der Waals surface area contributed by atoms with Crippen molar-refractivity contribution in [2.75, 3.05) is 21.3 Å². The third kappa shape index (κ3) is 4.40. The maximum absolute atomic E-state index is 13.1. The van der Waals surface area contributed by atoms with E-state index >= 15 is 0 Å². The zero-order valence-corrected chi connectivity index (χ0v) is 16.4. The molecule has 1 atom stereocenters. The molecule has 0 spiro atoms. The van der Waals surface area contributed by atoms with Crippen molar-refractivity contribution < 1.29 is 32.1 Å². The highest BCUT2D eigenvalue weighted by Gasteiger charge is 2.21. The number of nitrogens with zero attached hydrogens (tertiary/aromatic N) is 2. The Labute approximate surface area is 171 Å². The number of rotatable bonds is 8. The second-order valence-electron chi connectivity index (χ2n) is 6.03. The van der Waals surface area contributed by atoms with Gasteiger partial charge in [0.2, 0.25) is 5.75 Å². The predicted octanol–water partition coefficient (Wildman–Crippen LogP) is 4.78. The van der Waals surface area contributed by atoms with Crippen LogP contribution in [0.5, 0.6) is 23.0 Å². The molecule has 0 bridgehead atoms. The Kier molecular flexibility index (Phi) is 6.61. The lowest BCUT2D eigenvalue weighted by Crippen LogP contribution is -2.19. The summed E-state index contributed by atoms with van der Waals surface area (Å²) in [7, 11) is 4.53. The molecule has 0 fully saturated rings. The van der Waals surface area contributed by atoms with Crippen molar-refractivity contribution in [3.63, 3.8) is 0 Å². The van der Waals surface area contributed by atoms with E-state index in [0.717, 1.165) is 0 Å². The molecule has 0 radical (unpaired) electrons. The Morgan fingerprint density at radius 1 is 0.833 bits per heavy atom. The number of benzene rings is 2. The van der Waals surface area contributed by atoms with Crippen LogP contribution in [-0.4, -0.2) is 44.1 Å². The minimum absolute atomic E-state index is 0.0160. The summed E-state index contributed by atoms with van der Waals surface area (Å²) >= 11 is 0. The van der Waals surface area contributed by atoms with Crippen molar-refractivity contribution in [2.24, 2.45) is 0 Å². The smallest absolute Gasteiger partial charge is 0.304 e. The molecule has 0 saturated heterocycles. The quantitative estimate of drug-likeness (QED) is 0.523. The molecule has 1 heterocycles. The number of alkyl halides is 3. The van der Waals surface area contributed by atoms with E-state index in [1.165, 1.54) is 39.8 Å². The van der Waals surface area contributed by atoms with Crippen molar-refractivity contribution in [2.45, 2.75) is 12.8 Å². The van der Waals surface area contributed by atoms with E-state index in [2.05, 4.69) is 14.7 Å². The van der Waals surface area contributed by atoms with Crippen LogP contribution in [-0.2, 0) is 0 Å². The zero-order valence-electron chi connectivity index (χ0n) is 16.4. The third-order valence-corrected chi connectivity index (χ3v) is 4.26. The lowest BCUT2D eigenvalue weighted by molar-refractivity contribution is -0.0668. The van der Waals surface area contributed by atoms with Crippen molar-refractivity contribution in [1.82, 2.24) is 9.97 Å². The Morgan fingerprint density at radius 2 is 1.47 bits per heavy atom. The number of aromatic nitrogens is 2. The average molecular weight is 420 g/mol. The first-order valence-electron chi connectivity index (χ1n) is 8.78. The van der Waals surface area contributed by atoms with Gasteiger partial charge in [0.25, 0.3) is 6.36 Å². The minimum atomic E-state index is -3.22. The number of hydrogen-bond donors (Lipinski definition) is 0. The predicted molar refractivity (Wildman–Crippen MR) is 104 cm³/mol. The highest BCUT2D eigenvalue weighted by atomic mass is 19.3. The van der Waals surface area contributed by atoms with E-state index in [9.17, 15) is 13.2 Å². The van der Waals surface area contributed by atoms with Gasteiger partial charge in [0.05, 0.1) is 27.0 Å². The summed E-state index contributed by atoms with van der Waals surface area (Å²) < 4.78 is 58.5. The van der Waals surface area contributed by atoms with Gasteiger partial charge in [-0.25, -0.2) is 18.7 Å². The number of halogens is 3. The standard InChI is InChI=1S/C21H19F3N2O4/c1-27-16-8-13(9-17(28-2)19(16)29-3)18-15(10-25-11-26-18)12-4-6-14(7-5-12)30-21(24)20(22)23/h4-11,20-21H,1-3H3. The Morgan fingerprint density at radius 3 is 2.00 bits per heavy atom. The van der Waals surface area contributed by atoms with Crippen LogP contribution < -0.4 is 18.9 Å². The molecule has 0 aliphatic carbocycles. The first kappa shape index (κ1) is 21.2. The Bertz CT molecular complexity index is 975. The highest BCUT2D eigenvalue weighted by molar-refractivity contribution is 5.82. The van der Waals surface area contributed by atoms with Gasteiger partial charge >= 0.3 is 6.43 Å². The zero-order chi connectivity index (χ0) is 21.7. The molecule has 30 heavy (non-hydrogen) atoms. The van der Waals surface area contributed by atoms with Crippen LogP contribution in [0.15, 0.2) is 48.9 Å². The van der Waals surface area contributed by atoms with E-state index < -0.39 is 12.8 Å². The Balaban J connectivity index is 2.01. The second-order valence-corrected chi connectivity index (χ2v) is 6.03. The van der Waals surface area contributed by atoms with Gasteiger partial charge in [-0.1, -0.05) is 12.1 Å². The molecule has 3 rings (SSSR count). The molecule has 9 heteroatoms. The normalized spacial score (nSPS) is 11.8.